The quantitative estimate of drug-likeness (QED) is 0.923. The number of furan rings is 1. The maximum Gasteiger partial charge on any atom is 0.126 e. The number of nitrogens with one attached hydrogen (secondary N) is 1. The van der Waals surface area contributed by atoms with E-state index in [2.05, 4.69) is 26.2 Å². The van der Waals surface area contributed by atoms with Gasteiger partial charge >= 0.3 is 0 Å². The molecule has 0 aliphatic carbocycles. The second-order valence-electron chi connectivity index (χ2n) is 3.24. The number of hydrogen-bond donors (Lipinski definition) is 1. The van der Waals surface area contributed by atoms with Crippen molar-refractivity contribution in [3.63, 3.8) is 0 Å². The number of hydrogen-bond acceptors (Lipinski definition) is 3. The molecule has 0 fully saturated rings. The van der Waals surface area contributed by atoms with Gasteiger partial charge in [-0.25, -0.2) is 4.98 Å². The van der Waals surface area contributed by atoms with Crippen LogP contribution in [0.5, 0.6) is 0 Å². The lowest BCUT2D eigenvalue weighted by molar-refractivity contribution is 0.490. The molecule has 15 heavy (non-hydrogen) atoms. The Morgan fingerprint density at radius 1 is 1.40 bits per heavy atom. The van der Waals surface area contributed by atoms with Crippen LogP contribution in [0.3, 0.4) is 0 Å². The highest BCUT2D eigenvalue weighted by Gasteiger charge is 2.07. The van der Waals surface area contributed by atoms with Crippen molar-refractivity contribution >= 4 is 21.7 Å². The molecule has 0 spiro atoms. The van der Waals surface area contributed by atoms with Crippen LogP contribution in [0.2, 0.25) is 0 Å². The van der Waals surface area contributed by atoms with Crippen LogP contribution in [0, 0.1) is 0 Å². The minimum absolute atomic E-state index is 0.119. The molecular weight excluding hydrogens is 256 g/mol. The number of pyridine rings is 1. The molecule has 0 amide bonds. The average molecular weight is 267 g/mol. The van der Waals surface area contributed by atoms with E-state index in [0.29, 0.717) is 0 Å². The summed E-state index contributed by atoms with van der Waals surface area (Å²) in [6.45, 7) is 2.03. The van der Waals surface area contributed by atoms with Crippen LogP contribution in [-0.2, 0) is 0 Å². The number of aromatic nitrogens is 1. The molecule has 2 rings (SSSR count). The second kappa shape index (κ2) is 4.49. The number of anilines is 1. The third-order valence-electron chi connectivity index (χ3n) is 2.06. The molecule has 2 aromatic rings. The zero-order chi connectivity index (χ0) is 10.7. The Hall–Kier alpha value is -1.29. The van der Waals surface area contributed by atoms with Crippen molar-refractivity contribution in [1.29, 1.82) is 0 Å². The van der Waals surface area contributed by atoms with E-state index in [1.54, 1.807) is 12.5 Å². The van der Waals surface area contributed by atoms with Crippen LogP contribution in [0.25, 0.3) is 0 Å². The van der Waals surface area contributed by atoms with Crippen molar-refractivity contribution in [3.8, 4) is 0 Å². The predicted octanol–water partition coefficient (Wildman–Crippen LogP) is 3.61. The van der Waals surface area contributed by atoms with Gasteiger partial charge in [0.25, 0.3) is 0 Å². The summed E-state index contributed by atoms with van der Waals surface area (Å²) in [7, 11) is 0. The van der Waals surface area contributed by atoms with Crippen LogP contribution in [-0.4, -0.2) is 4.98 Å². The topological polar surface area (TPSA) is 38.1 Å². The molecule has 3 nitrogen and oxygen atoms in total. The normalized spacial score (nSPS) is 12.4. The standard InChI is InChI=1S/C11H11BrN2O/c1-8(10-3-2-6-15-10)14-11-5-4-9(12)7-13-11/h2-8H,1H3,(H,13,14). The Labute approximate surface area is 96.6 Å². The van der Waals surface area contributed by atoms with Gasteiger partial charge in [0.05, 0.1) is 12.3 Å². The molecule has 0 radical (unpaired) electrons. The Balaban J connectivity index is 2.06. The lowest BCUT2D eigenvalue weighted by atomic mass is 10.2. The molecule has 0 saturated heterocycles. The summed E-state index contributed by atoms with van der Waals surface area (Å²) in [5.74, 6) is 1.74. The first-order chi connectivity index (χ1) is 7.25. The molecule has 2 aromatic heterocycles. The van der Waals surface area contributed by atoms with E-state index in [4.69, 9.17) is 4.42 Å². The third-order valence-corrected chi connectivity index (χ3v) is 2.53. The fraction of sp³-hybridized carbons (Fsp3) is 0.182. The first kappa shape index (κ1) is 10.2. The van der Waals surface area contributed by atoms with Crippen LogP contribution < -0.4 is 5.32 Å². The molecule has 1 atom stereocenters. The summed E-state index contributed by atoms with van der Waals surface area (Å²) >= 11 is 3.34. The SMILES string of the molecule is CC(Nc1ccc(Br)cn1)c1ccco1. The fourth-order valence-electron chi connectivity index (χ4n) is 1.29. The van der Waals surface area contributed by atoms with Gasteiger partial charge in [-0.3, -0.25) is 0 Å². The highest BCUT2D eigenvalue weighted by Crippen LogP contribution is 2.18. The minimum Gasteiger partial charge on any atom is -0.467 e. The number of rotatable bonds is 3. The summed E-state index contributed by atoms with van der Waals surface area (Å²) in [5.41, 5.74) is 0. The smallest absolute Gasteiger partial charge is 0.126 e. The zero-order valence-electron chi connectivity index (χ0n) is 8.27. The Bertz CT molecular complexity index is 411. The van der Waals surface area contributed by atoms with Gasteiger partial charge in [0, 0.05) is 10.7 Å². The maximum atomic E-state index is 5.29. The summed E-state index contributed by atoms with van der Waals surface area (Å²) in [6, 6.07) is 7.81. The molecule has 78 valence electrons. The van der Waals surface area contributed by atoms with Crippen molar-refractivity contribution in [2.75, 3.05) is 5.32 Å². The van der Waals surface area contributed by atoms with E-state index in [1.807, 2.05) is 31.2 Å². The lowest BCUT2D eigenvalue weighted by Crippen LogP contribution is -2.06. The number of nitrogens with zero attached hydrogens (tertiary/aromatic N) is 1. The molecule has 1 unspecified atom stereocenters. The van der Waals surface area contributed by atoms with Crippen molar-refractivity contribution < 1.29 is 4.42 Å². The first-order valence-corrected chi connectivity index (χ1v) is 5.46. The van der Waals surface area contributed by atoms with Gasteiger partial charge in [-0.1, -0.05) is 0 Å². The summed E-state index contributed by atoms with van der Waals surface area (Å²) < 4.78 is 6.26. The second-order valence-corrected chi connectivity index (χ2v) is 4.16. The third kappa shape index (κ3) is 2.59. The first-order valence-electron chi connectivity index (χ1n) is 4.67. The molecule has 4 heteroatoms. The van der Waals surface area contributed by atoms with Gasteiger partial charge in [0.1, 0.15) is 11.6 Å². The van der Waals surface area contributed by atoms with Gasteiger partial charge in [0.15, 0.2) is 0 Å². The van der Waals surface area contributed by atoms with E-state index in [-0.39, 0.29) is 6.04 Å². The highest BCUT2D eigenvalue weighted by molar-refractivity contribution is 9.10. The van der Waals surface area contributed by atoms with Crippen LogP contribution in [0.4, 0.5) is 5.82 Å². The molecule has 0 bridgehead atoms. The molecule has 0 saturated carbocycles. The van der Waals surface area contributed by atoms with Gasteiger partial charge in [-0.2, -0.15) is 0 Å². The van der Waals surface area contributed by atoms with Crippen LogP contribution in [0.15, 0.2) is 45.6 Å². The number of halogens is 1. The van der Waals surface area contributed by atoms with E-state index in [0.717, 1.165) is 16.1 Å². The maximum absolute atomic E-state index is 5.29. The van der Waals surface area contributed by atoms with E-state index in [1.165, 1.54) is 0 Å². The molecule has 2 heterocycles. The van der Waals surface area contributed by atoms with E-state index < -0.39 is 0 Å². The van der Waals surface area contributed by atoms with Gasteiger partial charge in [-0.05, 0) is 47.1 Å². The monoisotopic (exact) mass is 266 g/mol. The van der Waals surface area contributed by atoms with Gasteiger partial charge in [0.2, 0.25) is 0 Å². The molecular formula is C11H11BrN2O. The Morgan fingerprint density at radius 2 is 2.27 bits per heavy atom. The van der Waals surface area contributed by atoms with Crippen molar-refractivity contribution in [2.45, 2.75) is 13.0 Å². The minimum atomic E-state index is 0.119. The molecule has 0 aromatic carbocycles. The Morgan fingerprint density at radius 3 is 2.87 bits per heavy atom. The van der Waals surface area contributed by atoms with Crippen molar-refractivity contribution in [1.82, 2.24) is 4.98 Å². The largest absolute Gasteiger partial charge is 0.467 e. The van der Waals surface area contributed by atoms with Crippen LogP contribution >= 0.6 is 15.9 Å². The van der Waals surface area contributed by atoms with E-state index >= 15 is 0 Å². The van der Waals surface area contributed by atoms with Crippen LogP contribution in [0.1, 0.15) is 18.7 Å². The Kier molecular flexibility index (Phi) is 3.06. The van der Waals surface area contributed by atoms with Crippen molar-refractivity contribution in [3.05, 3.63) is 47.0 Å². The summed E-state index contributed by atoms with van der Waals surface area (Å²) in [5, 5.41) is 3.25. The van der Waals surface area contributed by atoms with Crippen molar-refractivity contribution in [2.24, 2.45) is 0 Å². The highest BCUT2D eigenvalue weighted by atomic mass is 79.9. The summed E-state index contributed by atoms with van der Waals surface area (Å²) in [4.78, 5) is 4.23. The average Bonchev–Trinajstić information content (AvgIpc) is 2.74. The zero-order valence-corrected chi connectivity index (χ0v) is 9.86. The van der Waals surface area contributed by atoms with E-state index in [9.17, 15) is 0 Å². The summed E-state index contributed by atoms with van der Waals surface area (Å²) in [6.07, 6.45) is 3.43. The molecule has 1 N–H and O–H groups in total. The lowest BCUT2D eigenvalue weighted by Gasteiger charge is -2.11. The molecule has 0 aliphatic rings. The van der Waals surface area contributed by atoms with Gasteiger partial charge < -0.3 is 9.73 Å². The molecule has 0 aliphatic heterocycles. The van der Waals surface area contributed by atoms with Gasteiger partial charge in [-0.15, -0.1) is 0 Å². The fourth-order valence-corrected chi connectivity index (χ4v) is 1.53. The predicted molar refractivity (Wildman–Crippen MR) is 62.7 cm³/mol.